The maximum absolute atomic E-state index is 12.2. The van der Waals surface area contributed by atoms with Crippen molar-refractivity contribution in [1.82, 2.24) is 20.1 Å². The van der Waals surface area contributed by atoms with Gasteiger partial charge in [-0.25, -0.2) is 4.79 Å². The van der Waals surface area contributed by atoms with Gasteiger partial charge in [-0.1, -0.05) is 12.8 Å². The van der Waals surface area contributed by atoms with Crippen molar-refractivity contribution < 1.29 is 19.5 Å². The Morgan fingerprint density at radius 3 is 2.79 bits per heavy atom. The number of carbonyl (C=O) groups is 3. The lowest BCUT2D eigenvalue weighted by Crippen LogP contribution is -2.42. The summed E-state index contributed by atoms with van der Waals surface area (Å²) in [4.78, 5) is 39.1. The van der Waals surface area contributed by atoms with Crippen LogP contribution in [0.1, 0.15) is 36.7 Å². The number of nitrogens with one attached hydrogen (secondary N) is 1. The molecule has 0 saturated heterocycles. The lowest BCUT2D eigenvalue weighted by molar-refractivity contribution is -0.142. The van der Waals surface area contributed by atoms with E-state index in [1.165, 1.54) is 17.8 Å². The average Bonchev–Trinajstić information content (AvgIpc) is 3.27. The Morgan fingerprint density at radius 2 is 2.17 bits per heavy atom. The quantitative estimate of drug-likeness (QED) is 0.732. The predicted octanol–water partition coefficient (Wildman–Crippen LogP) is 1.00. The Balaban J connectivity index is 1.77. The maximum Gasteiger partial charge on any atom is 0.326 e. The minimum absolute atomic E-state index is 0.163. The molecule has 24 heavy (non-hydrogen) atoms. The van der Waals surface area contributed by atoms with Crippen LogP contribution in [0, 0.1) is 5.92 Å². The molecule has 2 N–H and O–H groups in total. The Hall–Kier alpha value is -2.77. The molecule has 0 bridgehead atoms. The van der Waals surface area contributed by atoms with Gasteiger partial charge in [-0.3, -0.25) is 19.3 Å². The molecule has 3 rings (SSSR count). The Labute approximate surface area is 137 Å². The average molecular weight is 330 g/mol. The molecule has 2 heterocycles. The number of ketones is 1. The molecule has 8 heteroatoms. The summed E-state index contributed by atoms with van der Waals surface area (Å²) >= 11 is 0. The fraction of sp³-hybridized carbons (Fsp3) is 0.438. The normalized spacial score (nSPS) is 15.2. The summed E-state index contributed by atoms with van der Waals surface area (Å²) in [6.45, 7) is 1.24. The maximum atomic E-state index is 12.2. The number of carboxylic acids is 1. The highest BCUT2D eigenvalue weighted by atomic mass is 16.4. The number of Topliss-reactive ketones (excluding diaryl/α,β-unsaturated/α-hetero) is 1. The van der Waals surface area contributed by atoms with Crippen LogP contribution in [0.25, 0.3) is 10.9 Å². The molecule has 0 aliphatic heterocycles. The van der Waals surface area contributed by atoms with Gasteiger partial charge in [0.25, 0.3) is 0 Å². The van der Waals surface area contributed by atoms with Crippen LogP contribution in [0.5, 0.6) is 0 Å². The van der Waals surface area contributed by atoms with Crippen molar-refractivity contribution in [3.8, 4) is 0 Å². The molecule has 1 atom stereocenters. The van der Waals surface area contributed by atoms with Crippen LogP contribution in [0.15, 0.2) is 18.5 Å². The number of fused-ring (bicyclic) bond motifs is 1. The molecule has 1 amide bonds. The number of amides is 1. The van der Waals surface area contributed by atoms with Crippen LogP contribution in [-0.4, -0.2) is 43.6 Å². The second-order valence-corrected chi connectivity index (χ2v) is 6.09. The van der Waals surface area contributed by atoms with Gasteiger partial charge in [-0.15, -0.1) is 0 Å². The van der Waals surface area contributed by atoms with Crippen LogP contribution in [-0.2, 0) is 16.1 Å². The summed E-state index contributed by atoms with van der Waals surface area (Å²) in [6, 6.07) is 0.776. The minimum Gasteiger partial charge on any atom is -0.480 e. The first-order chi connectivity index (χ1) is 11.5. The highest BCUT2D eigenvalue weighted by Gasteiger charge is 2.30. The number of carboxylic acid groups (broad SMARTS) is 1. The predicted molar refractivity (Wildman–Crippen MR) is 84.4 cm³/mol. The van der Waals surface area contributed by atoms with Crippen molar-refractivity contribution >= 4 is 28.6 Å². The second kappa shape index (κ2) is 6.38. The molecule has 1 aliphatic rings. The number of hydrogen-bond donors (Lipinski definition) is 2. The van der Waals surface area contributed by atoms with Gasteiger partial charge in [0.15, 0.2) is 5.78 Å². The van der Waals surface area contributed by atoms with Gasteiger partial charge in [0.05, 0.1) is 11.7 Å². The molecule has 2 aromatic heterocycles. The van der Waals surface area contributed by atoms with E-state index in [9.17, 15) is 19.5 Å². The molecule has 1 fully saturated rings. The molecule has 1 saturated carbocycles. The summed E-state index contributed by atoms with van der Waals surface area (Å²) in [5, 5.41) is 16.6. The molecule has 126 valence electrons. The zero-order chi connectivity index (χ0) is 17.3. The first-order valence-electron chi connectivity index (χ1n) is 7.79. The molecule has 0 spiro atoms. The number of aromatic nitrogens is 3. The van der Waals surface area contributed by atoms with Crippen LogP contribution in [0.4, 0.5) is 0 Å². The SMILES string of the molecule is CC(=O)c1nn(CC(=O)N[C@@H](CC2CC2)C(=O)O)c2cnccc12. The van der Waals surface area contributed by atoms with Crippen molar-refractivity contribution in [2.75, 3.05) is 0 Å². The van der Waals surface area contributed by atoms with Crippen molar-refractivity contribution in [2.24, 2.45) is 5.92 Å². The second-order valence-electron chi connectivity index (χ2n) is 6.09. The number of aliphatic carboxylic acids is 1. The molecule has 2 aromatic rings. The van der Waals surface area contributed by atoms with Crippen LogP contribution >= 0.6 is 0 Å². The van der Waals surface area contributed by atoms with E-state index in [0.29, 0.717) is 23.2 Å². The zero-order valence-electron chi connectivity index (χ0n) is 13.2. The van der Waals surface area contributed by atoms with E-state index in [0.717, 1.165) is 12.8 Å². The number of hydrogen-bond acceptors (Lipinski definition) is 5. The van der Waals surface area contributed by atoms with Crippen LogP contribution in [0.2, 0.25) is 0 Å². The summed E-state index contributed by atoms with van der Waals surface area (Å²) in [6.07, 6.45) is 5.55. The van der Waals surface area contributed by atoms with E-state index in [1.807, 2.05) is 0 Å². The lowest BCUT2D eigenvalue weighted by atomic mass is 10.1. The van der Waals surface area contributed by atoms with E-state index in [-0.39, 0.29) is 18.0 Å². The molecule has 0 unspecified atom stereocenters. The molecule has 0 aromatic carbocycles. The Morgan fingerprint density at radius 1 is 1.42 bits per heavy atom. The molecule has 8 nitrogen and oxygen atoms in total. The molecular weight excluding hydrogens is 312 g/mol. The number of carbonyl (C=O) groups excluding carboxylic acids is 2. The smallest absolute Gasteiger partial charge is 0.326 e. The summed E-state index contributed by atoms with van der Waals surface area (Å²) in [7, 11) is 0. The van der Waals surface area contributed by atoms with Crippen molar-refractivity contribution in [3.63, 3.8) is 0 Å². The standard InChI is InChI=1S/C16H18N4O4/c1-9(21)15-11-4-5-17-7-13(11)20(19-15)8-14(22)18-12(16(23)24)6-10-2-3-10/h4-5,7,10,12H,2-3,6,8H2,1H3,(H,18,22)(H,23,24)/t12-/m0/s1. The highest BCUT2D eigenvalue weighted by Crippen LogP contribution is 2.33. The third kappa shape index (κ3) is 3.42. The van der Waals surface area contributed by atoms with Crippen molar-refractivity contribution in [3.05, 3.63) is 24.2 Å². The van der Waals surface area contributed by atoms with E-state index in [4.69, 9.17) is 0 Å². The van der Waals surface area contributed by atoms with Gasteiger partial charge in [0.2, 0.25) is 5.91 Å². The summed E-state index contributed by atoms with van der Waals surface area (Å²) in [5.41, 5.74) is 0.833. The molecular formula is C16H18N4O4. The fourth-order valence-electron chi connectivity index (χ4n) is 2.69. The van der Waals surface area contributed by atoms with Crippen LogP contribution < -0.4 is 5.32 Å². The highest BCUT2D eigenvalue weighted by molar-refractivity contribution is 6.04. The van der Waals surface area contributed by atoms with E-state index < -0.39 is 17.9 Å². The largest absolute Gasteiger partial charge is 0.480 e. The van der Waals surface area contributed by atoms with Crippen molar-refractivity contribution in [2.45, 2.75) is 38.8 Å². The first-order valence-corrected chi connectivity index (χ1v) is 7.79. The van der Waals surface area contributed by atoms with Crippen molar-refractivity contribution in [1.29, 1.82) is 0 Å². The summed E-state index contributed by atoms with van der Waals surface area (Å²) in [5.74, 6) is -1.31. The van der Waals surface area contributed by atoms with Crippen LogP contribution in [0.3, 0.4) is 0 Å². The van der Waals surface area contributed by atoms with Gasteiger partial charge in [-0.2, -0.15) is 5.10 Å². The fourth-order valence-corrected chi connectivity index (χ4v) is 2.69. The molecule has 1 aliphatic carbocycles. The Kier molecular flexibility index (Phi) is 4.28. The van der Waals surface area contributed by atoms with Gasteiger partial charge >= 0.3 is 5.97 Å². The number of rotatable bonds is 7. The van der Waals surface area contributed by atoms with Gasteiger partial charge in [0, 0.05) is 18.5 Å². The first kappa shape index (κ1) is 16.1. The zero-order valence-corrected chi connectivity index (χ0v) is 13.2. The third-order valence-corrected chi connectivity index (χ3v) is 4.08. The third-order valence-electron chi connectivity index (χ3n) is 4.08. The van der Waals surface area contributed by atoms with E-state index >= 15 is 0 Å². The lowest BCUT2D eigenvalue weighted by Gasteiger charge is -2.14. The van der Waals surface area contributed by atoms with Gasteiger partial charge in [0.1, 0.15) is 18.3 Å². The molecule has 0 radical (unpaired) electrons. The monoisotopic (exact) mass is 330 g/mol. The number of nitrogens with zero attached hydrogens (tertiary/aromatic N) is 3. The topological polar surface area (TPSA) is 114 Å². The minimum atomic E-state index is -1.04. The van der Waals surface area contributed by atoms with E-state index in [2.05, 4.69) is 15.4 Å². The van der Waals surface area contributed by atoms with E-state index in [1.54, 1.807) is 12.3 Å². The number of pyridine rings is 1. The van der Waals surface area contributed by atoms with Gasteiger partial charge < -0.3 is 10.4 Å². The van der Waals surface area contributed by atoms with Gasteiger partial charge in [-0.05, 0) is 18.4 Å². The Bertz CT molecular complexity index is 810. The summed E-state index contributed by atoms with van der Waals surface area (Å²) < 4.78 is 1.38.